The molecule has 0 aliphatic rings. The number of hydrogen-bond donors (Lipinski definition) is 3. The molecule has 0 aliphatic heterocycles. The average Bonchev–Trinajstić information content (AvgIpc) is 3.87. The number of nitrogens with two attached hydrogens (primary N) is 1. The van der Waals surface area contributed by atoms with Crippen molar-refractivity contribution < 1.29 is 4.42 Å². The number of nitrogens with one attached hydrogen (secondary N) is 2. The Labute approximate surface area is 302 Å². The summed E-state index contributed by atoms with van der Waals surface area (Å²) in [6.07, 6.45) is -0.483. The lowest BCUT2D eigenvalue weighted by Gasteiger charge is -2.25. The first-order valence-electron chi connectivity index (χ1n) is 17.2. The maximum absolute atomic E-state index is 6.86. The highest BCUT2D eigenvalue weighted by atomic mass is 32.1. The van der Waals surface area contributed by atoms with E-state index in [1.54, 1.807) is 0 Å². The molecule has 0 saturated carbocycles. The highest BCUT2D eigenvalue weighted by Gasteiger charge is 2.18. The van der Waals surface area contributed by atoms with E-state index in [-0.39, 0.29) is 12.3 Å². The molecule has 0 amide bonds. The lowest BCUT2D eigenvalue weighted by Crippen LogP contribution is -2.39. The first-order valence-corrected chi connectivity index (χ1v) is 18.9. The minimum Gasteiger partial charge on any atom is -0.455 e. The predicted molar refractivity (Wildman–Crippen MR) is 217 cm³/mol. The number of rotatable bonds is 8. The van der Waals surface area contributed by atoms with Crippen molar-refractivity contribution in [2.24, 2.45) is 5.73 Å². The van der Waals surface area contributed by atoms with Gasteiger partial charge in [-0.05, 0) is 58.7 Å². The largest absolute Gasteiger partial charge is 0.455 e. The van der Waals surface area contributed by atoms with Crippen LogP contribution in [0.5, 0.6) is 0 Å². The van der Waals surface area contributed by atoms with Crippen LogP contribution in [0.4, 0.5) is 0 Å². The van der Waals surface area contributed by atoms with Gasteiger partial charge in [-0.3, -0.25) is 10.6 Å². The number of hydrogen-bond acceptors (Lipinski definition) is 6. The van der Waals surface area contributed by atoms with Crippen molar-refractivity contribution in [1.82, 2.24) is 10.6 Å². The number of thiophene rings is 2. The Kier molecular flexibility index (Phi) is 7.45. The SMILES string of the molecule is NC(NC(NCc1ccc2c(c1)sc1ccc(-c3cccc4c3oc3ccccc34)cc12)c1ccccc1)c1ccc2c(c1)sc1ccccc12. The second-order valence-corrected chi connectivity index (χ2v) is 15.3. The van der Waals surface area contributed by atoms with Crippen LogP contribution in [0.2, 0.25) is 0 Å². The highest BCUT2D eigenvalue weighted by molar-refractivity contribution is 7.26. The van der Waals surface area contributed by atoms with Crippen LogP contribution in [-0.2, 0) is 6.54 Å². The van der Waals surface area contributed by atoms with E-state index >= 15 is 0 Å². The van der Waals surface area contributed by atoms with Gasteiger partial charge in [-0.25, -0.2) is 0 Å². The molecule has 4 nitrogen and oxygen atoms in total. The molecular formula is C45H33N3OS2. The first-order chi connectivity index (χ1) is 25.2. The maximum Gasteiger partial charge on any atom is 0.143 e. The van der Waals surface area contributed by atoms with Gasteiger partial charge in [-0.1, -0.05) is 115 Å². The standard InChI is InChI=1S/C45H33N3OS2/c46-44(30-18-21-34-33-12-5-7-16-39(33)50-42(34)25-30)48-45(28-9-2-1-3-10-28)47-26-27-17-20-35-37-24-29(19-22-40(37)51-41(35)23-27)31-13-8-14-36-32-11-4-6-15-38(32)49-43(31)36/h1-25,44-45,47-48H,26,46H2. The minimum atomic E-state index is -0.345. The van der Waals surface area contributed by atoms with E-state index < -0.39 is 0 Å². The summed E-state index contributed by atoms with van der Waals surface area (Å²) in [5, 5.41) is 14.9. The number of para-hydroxylation sites is 2. The van der Waals surface area contributed by atoms with E-state index in [4.69, 9.17) is 10.2 Å². The summed E-state index contributed by atoms with van der Waals surface area (Å²) in [7, 11) is 0. The zero-order valence-corrected chi connectivity index (χ0v) is 29.2. The van der Waals surface area contributed by atoms with Crippen LogP contribution in [0.3, 0.4) is 0 Å². The van der Waals surface area contributed by atoms with Crippen molar-refractivity contribution in [2.75, 3.05) is 0 Å². The molecule has 0 fully saturated rings. The molecule has 3 heterocycles. The molecule has 2 atom stereocenters. The van der Waals surface area contributed by atoms with Gasteiger partial charge in [-0.2, -0.15) is 0 Å². The van der Waals surface area contributed by atoms with Gasteiger partial charge in [0.2, 0.25) is 0 Å². The molecule has 51 heavy (non-hydrogen) atoms. The van der Waals surface area contributed by atoms with Gasteiger partial charge in [0.1, 0.15) is 11.2 Å². The molecule has 0 aliphatic carbocycles. The Balaban J connectivity index is 0.926. The van der Waals surface area contributed by atoms with E-state index in [9.17, 15) is 0 Å². The first kappa shape index (κ1) is 30.5. The molecule has 2 unspecified atom stereocenters. The van der Waals surface area contributed by atoms with Gasteiger partial charge in [0.05, 0.1) is 12.3 Å². The summed E-state index contributed by atoms with van der Waals surface area (Å²) in [6, 6.07) is 54.0. The Morgan fingerprint density at radius 3 is 2.14 bits per heavy atom. The van der Waals surface area contributed by atoms with Gasteiger partial charge in [0, 0.05) is 63.2 Å². The summed E-state index contributed by atoms with van der Waals surface area (Å²) < 4.78 is 11.5. The highest BCUT2D eigenvalue weighted by Crippen LogP contribution is 2.40. The minimum absolute atomic E-state index is 0.138. The van der Waals surface area contributed by atoms with Crippen molar-refractivity contribution in [3.63, 3.8) is 0 Å². The summed E-state index contributed by atoms with van der Waals surface area (Å²) in [6.45, 7) is 0.693. The molecule has 6 heteroatoms. The van der Waals surface area contributed by atoms with Crippen LogP contribution in [0.1, 0.15) is 29.0 Å². The molecule has 10 aromatic rings. The van der Waals surface area contributed by atoms with Crippen molar-refractivity contribution in [3.05, 3.63) is 168 Å². The van der Waals surface area contributed by atoms with Gasteiger partial charge < -0.3 is 10.2 Å². The summed E-state index contributed by atoms with van der Waals surface area (Å²) >= 11 is 3.66. The fourth-order valence-corrected chi connectivity index (χ4v) is 9.73. The van der Waals surface area contributed by atoms with E-state index in [2.05, 4.69) is 144 Å². The number of furan rings is 1. The van der Waals surface area contributed by atoms with Crippen LogP contribution in [0, 0.1) is 0 Å². The maximum atomic E-state index is 6.86. The van der Waals surface area contributed by atoms with Gasteiger partial charge in [0.15, 0.2) is 0 Å². The van der Waals surface area contributed by atoms with E-state index in [1.165, 1.54) is 45.9 Å². The molecule has 0 radical (unpaired) electrons. The number of fused-ring (bicyclic) bond motifs is 9. The molecule has 0 saturated heterocycles. The fourth-order valence-electron chi connectivity index (χ4n) is 7.42. The van der Waals surface area contributed by atoms with Crippen LogP contribution in [-0.4, -0.2) is 0 Å². The fraction of sp³-hybridized carbons (Fsp3) is 0.0667. The quantitative estimate of drug-likeness (QED) is 0.138. The smallest absolute Gasteiger partial charge is 0.143 e. The van der Waals surface area contributed by atoms with Gasteiger partial charge >= 0.3 is 0 Å². The van der Waals surface area contributed by atoms with E-state index in [1.807, 2.05) is 40.9 Å². The topological polar surface area (TPSA) is 63.2 Å². The van der Waals surface area contributed by atoms with Crippen molar-refractivity contribution in [1.29, 1.82) is 0 Å². The second-order valence-electron chi connectivity index (χ2n) is 13.1. The number of benzene rings is 7. The zero-order chi connectivity index (χ0) is 33.9. The van der Waals surface area contributed by atoms with Gasteiger partial charge in [0.25, 0.3) is 0 Å². The third-order valence-corrected chi connectivity index (χ3v) is 12.3. The molecule has 10 rings (SSSR count). The van der Waals surface area contributed by atoms with Crippen molar-refractivity contribution in [3.8, 4) is 11.1 Å². The molecule has 246 valence electrons. The van der Waals surface area contributed by atoms with Crippen LogP contribution in [0.25, 0.3) is 73.4 Å². The normalized spacial score (nSPS) is 13.3. The van der Waals surface area contributed by atoms with Crippen LogP contribution in [0.15, 0.2) is 156 Å². The molecule has 7 aromatic carbocycles. The monoisotopic (exact) mass is 695 g/mol. The van der Waals surface area contributed by atoms with E-state index in [0.717, 1.165) is 44.2 Å². The molecule has 4 N–H and O–H groups in total. The Morgan fingerprint density at radius 2 is 1.24 bits per heavy atom. The molecule has 0 spiro atoms. The summed E-state index contributed by atoms with van der Waals surface area (Å²) in [5.41, 5.74) is 14.4. The molecular weight excluding hydrogens is 663 g/mol. The summed E-state index contributed by atoms with van der Waals surface area (Å²) in [4.78, 5) is 0. The Bertz CT molecular complexity index is 2890. The lowest BCUT2D eigenvalue weighted by atomic mass is 10.00. The van der Waals surface area contributed by atoms with E-state index in [0.29, 0.717) is 6.54 Å². The van der Waals surface area contributed by atoms with Crippen molar-refractivity contribution >= 4 is 85.0 Å². The second kappa shape index (κ2) is 12.5. The van der Waals surface area contributed by atoms with Crippen molar-refractivity contribution in [2.45, 2.75) is 18.9 Å². The predicted octanol–water partition coefficient (Wildman–Crippen LogP) is 12.0. The van der Waals surface area contributed by atoms with Crippen LogP contribution >= 0.6 is 22.7 Å². The Morgan fingerprint density at radius 1 is 0.529 bits per heavy atom. The van der Waals surface area contributed by atoms with Crippen LogP contribution < -0.4 is 16.4 Å². The Hall–Kier alpha value is -5.34. The summed E-state index contributed by atoms with van der Waals surface area (Å²) in [5.74, 6) is 0. The van der Waals surface area contributed by atoms with Gasteiger partial charge in [-0.15, -0.1) is 22.7 Å². The third kappa shape index (κ3) is 5.40. The lowest BCUT2D eigenvalue weighted by molar-refractivity contribution is 0.386. The zero-order valence-electron chi connectivity index (χ0n) is 27.6. The third-order valence-electron chi connectivity index (χ3n) is 10.0. The average molecular weight is 696 g/mol. The molecule has 3 aromatic heterocycles. The molecule has 0 bridgehead atoms.